The largest absolute Gasteiger partial charge is 0.456 e. The van der Waals surface area contributed by atoms with E-state index in [2.05, 4.69) is 6.58 Å². The summed E-state index contributed by atoms with van der Waals surface area (Å²) in [6.45, 7) is 5.18. The van der Waals surface area contributed by atoms with Crippen molar-refractivity contribution < 1.29 is 17.9 Å². The van der Waals surface area contributed by atoms with Crippen LogP contribution in [-0.4, -0.2) is 27.0 Å². The van der Waals surface area contributed by atoms with Crippen LogP contribution in [0, 0.1) is 0 Å². The third-order valence-electron chi connectivity index (χ3n) is 4.13. The van der Waals surface area contributed by atoms with Crippen molar-refractivity contribution in [3.05, 3.63) is 71.3 Å². The quantitative estimate of drug-likeness (QED) is 0.728. The van der Waals surface area contributed by atoms with Crippen molar-refractivity contribution >= 4 is 33.3 Å². The average Bonchev–Trinajstić information content (AvgIpc) is 2.96. The highest BCUT2D eigenvalue weighted by Crippen LogP contribution is 2.36. The lowest BCUT2D eigenvalue weighted by atomic mass is 10.1. The van der Waals surface area contributed by atoms with Crippen LogP contribution in [0.15, 0.2) is 65.0 Å². The van der Waals surface area contributed by atoms with E-state index < -0.39 is 16.0 Å². The van der Waals surface area contributed by atoms with Gasteiger partial charge in [0.25, 0.3) is 10.0 Å². The maximum atomic E-state index is 13.2. The first-order valence-electron chi connectivity index (χ1n) is 8.03. The van der Waals surface area contributed by atoms with Gasteiger partial charge in [-0.05, 0) is 43.2 Å². The van der Waals surface area contributed by atoms with Gasteiger partial charge in [-0.25, -0.2) is 13.2 Å². The minimum Gasteiger partial charge on any atom is -0.456 e. The summed E-state index contributed by atoms with van der Waals surface area (Å²) >= 11 is 5.59. The Hall–Kier alpha value is -2.31. The molecule has 0 bridgehead atoms. The number of halogens is 1. The number of sulfonamides is 1. The van der Waals surface area contributed by atoms with E-state index in [1.807, 2.05) is 25.1 Å². The molecule has 5 nitrogen and oxygen atoms in total. The van der Waals surface area contributed by atoms with Crippen LogP contribution in [0.5, 0.6) is 0 Å². The lowest BCUT2D eigenvalue weighted by Crippen LogP contribution is -2.35. The number of benzene rings is 2. The summed E-state index contributed by atoms with van der Waals surface area (Å²) < 4.78 is 32.8. The molecule has 1 atom stereocenters. The van der Waals surface area contributed by atoms with Gasteiger partial charge in [-0.1, -0.05) is 42.4 Å². The molecule has 1 heterocycles. The maximum absolute atomic E-state index is 13.2. The number of ether oxygens (including phenoxy) is 1. The number of esters is 1. The Morgan fingerprint density at radius 2 is 2.00 bits per heavy atom. The molecule has 0 saturated heterocycles. The van der Waals surface area contributed by atoms with E-state index in [0.717, 1.165) is 5.56 Å². The Morgan fingerprint density at radius 3 is 2.73 bits per heavy atom. The molecular weight excluding hydrogens is 374 g/mol. The van der Waals surface area contributed by atoms with Crippen LogP contribution in [0.25, 0.3) is 0 Å². The molecule has 0 aromatic heterocycles. The molecule has 0 unspecified atom stereocenters. The molecular formula is C19H18ClNO4S. The fourth-order valence-corrected chi connectivity index (χ4v) is 4.82. The number of hydrogen-bond acceptors (Lipinski definition) is 4. The van der Waals surface area contributed by atoms with E-state index >= 15 is 0 Å². The second kappa shape index (κ2) is 7.13. The molecule has 1 aliphatic heterocycles. The monoisotopic (exact) mass is 391 g/mol. The molecule has 0 saturated carbocycles. The first kappa shape index (κ1) is 18.5. The molecule has 0 aliphatic carbocycles. The number of fused-ring (bicyclic) bond motifs is 1. The van der Waals surface area contributed by atoms with Gasteiger partial charge in [0.05, 0.1) is 16.1 Å². The molecule has 0 fully saturated rings. The number of rotatable bonds is 5. The van der Waals surface area contributed by atoms with E-state index in [-0.39, 0.29) is 28.1 Å². The maximum Gasteiger partial charge on any atom is 0.338 e. The summed E-state index contributed by atoms with van der Waals surface area (Å²) in [4.78, 5) is 12.1. The van der Waals surface area contributed by atoms with Crippen LogP contribution in [-0.2, 0) is 21.2 Å². The third-order valence-corrected chi connectivity index (χ3v) is 6.16. The van der Waals surface area contributed by atoms with Crippen LogP contribution in [0.2, 0.25) is 0 Å². The Kier molecular flexibility index (Phi) is 5.07. The van der Waals surface area contributed by atoms with Crippen LogP contribution < -0.4 is 4.31 Å². The SMILES string of the molecule is C=C(Cl)COC(=O)c1cccc(S(=O)(=O)N2c3ccccc3C[C@@H]2C)c1. The van der Waals surface area contributed by atoms with E-state index in [0.29, 0.717) is 12.1 Å². The summed E-state index contributed by atoms with van der Waals surface area (Å²) in [6, 6.07) is 13.0. The van der Waals surface area contributed by atoms with Gasteiger partial charge in [0.1, 0.15) is 6.61 Å². The van der Waals surface area contributed by atoms with Gasteiger partial charge in [-0.2, -0.15) is 0 Å². The molecule has 136 valence electrons. The summed E-state index contributed by atoms with van der Waals surface area (Å²) in [5.41, 5.74) is 1.80. The Balaban J connectivity index is 1.95. The van der Waals surface area contributed by atoms with Gasteiger partial charge < -0.3 is 4.74 Å². The third kappa shape index (κ3) is 3.48. The molecule has 7 heteroatoms. The van der Waals surface area contributed by atoms with Crippen LogP contribution in [0.4, 0.5) is 5.69 Å². The van der Waals surface area contributed by atoms with Crippen molar-refractivity contribution in [1.82, 2.24) is 0 Å². The highest BCUT2D eigenvalue weighted by atomic mass is 35.5. The van der Waals surface area contributed by atoms with Crippen molar-refractivity contribution in [2.45, 2.75) is 24.3 Å². The Morgan fingerprint density at radius 1 is 1.27 bits per heavy atom. The first-order chi connectivity index (χ1) is 12.3. The standard InChI is InChI=1S/C19H18ClNO4S/c1-13(20)12-25-19(22)16-7-5-8-17(11-16)26(23,24)21-14(2)10-15-6-3-4-9-18(15)21/h3-9,11,14H,1,10,12H2,2H3/t14-/m0/s1. The highest BCUT2D eigenvalue weighted by molar-refractivity contribution is 7.92. The zero-order chi connectivity index (χ0) is 18.9. The minimum absolute atomic E-state index is 0.0419. The van der Waals surface area contributed by atoms with E-state index in [1.165, 1.54) is 28.6 Å². The normalized spacial score (nSPS) is 16.2. The summed E-state index contributed by atoms with van der Waals surface area (Å²) in [5.74, 6) is -0.654. The molecule has 0 amide bonds. The lowest BCUT2D eigenvalue weighted by Gasteiger charge is -2.24. The molecule has 2 aromatic carbocycles. The van der Waals surface area contributed by atoms with Gasteiger partial charge in [-0.15, -0.1) is 0 Å². The van der Waals surface area contributed by atoms with Crippen molar-refractivity contribution in [3.8, 4) is 0 Å². The highest BCUT2D eigenvalue weighted by Gasteiger charge is 2.36. The van der Waals surface area contributed by atoms with Gasteiger partial charge >= 0.3 is 5.97 Å². The molecule has 26 heavy (non-hydrogen) atoms. The van der Waals surface area contributed by atoms with Crippen molar-refractivity contribution in [2.24, 2.45) is 0 Å². The summed E-state index contributed by atoms with van der Waals surface area (Å²) in [6.07, 6.45) is 0.648. The second-order valence-electron chi connectivity index (χ2n) is 6.10. The van der Waals surface area contributed by atoms with E-state index in [9.17, 15) is 13.2 Å². The number of para-hydroxylation sites is 1. The van der Waals surface area contributed by atoms with Gasteiger partial charge in [0, 0.05) is 11.1 Å². The fraction of sp³-hybridized carbons (Fsp3) is 0.211. The topological polar surface area (TPSA) is 63.7 Å². The van der Waals surface area contributed by atoms with Gasteiger partial charge in [-0.3, -0.25) is 4.31 Å². The molecule has 0 radical (unpaired) electrons. The molecule has 0 spiro atoms. The fourth-order valence-electron chi connectivity index (χ4n) is 3.03. The van der Waals surface area contributed by atoms with Crippen molar-refractivity contribution in [2.75, 3.05) is 10.9 Å². The van der Waals surface area contributed by atoms with E-state index in [4.69, 9.17) is 16.3 Å². The Bertz CT molecular complexity index is 971. The van der Waals surface area contributed by atoms with Gasteiger partial charge in [0.15, 0.2) is 0 Å². The zero-order valence-corrected chi connectivity index (χ0v) is 15.8. The van der Waals surface area contributed by atoms with Crippen LogP contribution >= 0.6 is 11.6 Å². The molecule has 3 rings (SSSR count). The number of nitrogens with zero attached hydrogens (tertiary/aromatic N) is 1. The second-order valence-corrected chi connectivity index (χ2v) is 8.45. The zero-order valence-electron chi connectivity index (χ0n) is 14.2. The molecule has 2 aromatic rings. The average molecular weight is 392 g/mol. The molecule has 0 N–H and O–H groups in total. The minimum atomic E-state index is -3.81. The van der Waals surface area contributed by atoms with Crippen LogP contribution in [0.1, 0.15) is 22.8 Å². The predicted molar refractivity (Wildman–Crippen MR) is 101 cm³/mol. The van der Waals surface area contributed by atoms with Crippen molar-refractivity contribution in [3.63, 3.8) is 0 Å². The first-order valence-corrected chi connectivity index (χ1v) is 9.85. The molecule has 1 aliphatic rings. The summed E-state index contributed by atoms with van der Waals surface area (Å²) in [5, 5.41) is 0.185. The number of carbonyl (C=O) groups is 1. The smallest absolute Gasteiger partial charge is 0.338 e. The van der Waals surface area contributed by atoms with Gasteiger partial charge in [0.2, 0.25) is 0 Å². The van der Waals surface area contributed by atoms with Crippen LogP contribution in [0.3, 0.4) is 0 Å². The summed E-state index contributed by atoms with van der Waals surface area (Å²) in [7, 11) is -3.81. The number of carbonyl (C=O) groups excluding carboxylic acids is 1. The number of anilines is 1. The Labute approximate surface area is 157 Å². The lowest BCUT2D eigenvalue weighted by molar-refractivity contribution is 0.0546. The number of hydrogen-bond donors (Lipinski definition) is 0. The van der Waals surface area contributed by atoms with E-state index in [1.54, 1.807) is 6.07 Å². The van der Waals surface area contributed by atoms with Crippen molar-refractivity contribution in [1.29, 1.82) is 0 Å². The predicted octanol–water partition coefficient (Wildman–Crippen LogP) is 3.74.